The van der Waals surface area contributed by atoms with Crippen molar-refractivity contribution in [1.29, 1.82) is 0 Å². The van der Waals surface area contributed by atoms with E-state index >= 15 is 0 Å². The number of hydrogen-bond acceptors (Lipinski definition) is 1. The lowest BCUT2D eigenvalue weighted by atomic mass is 10.1. The first-order chi connectivity index (χ1) is 6.20. The van der Waals surface area contributed by atoms with Crippen molar-refractivity contribution in [3.05, 3.63) is 11.6 Å². The monoisotopic (exact) mass is 183 g/mol. The van der Waals surface area contributed by atoms with Gasteiger partial charge in [0.15, 0.2) is 0 Å². The molecule has 0 aromatic rings. The number of rotatable bonds is 2. The number of hydrogen-bond donors (Lipinski definition) is 1. The van der Waals surface area contributed by atoms with Crippen molar-refractivity contribution in [2.24, 2.45) is 0 Å². The Morgan fingerprint density at radius 1 is 1.46 bits per heavy atom. The van der Waals surface area contributed by atoms with E-state index in [2.05, 4.69) is 11.4 Å². The van der Waals surface area contributed by atoms with Gasteiger partial charge in [-0.25, -0.2) is 0 Å². The Morgan fingerprint density at radius 2 is 2.23 bits per heavy atom. The van der Waals surface area contributed by atoms with Gasteiger partial charge in [0.1, 0.15) is 0 Å². The largest absolute Gasteiger partial charge is 0.350 e. The first-order valence-corrected chi connectivity index (χ1v) is 5.20. The maximum Gasteiger partial charge on any atom is 0.247 e. The van der Waals surface area contributed by atoms with E-state index < -0.39 is 0 Å². The number of amides is 1. The molecule has 0 fully saturated rings. The summed E-state index contributed by atoms with van der Waals surface area (Å²) in [4.78, 5) is 11.6. The first-order valence-electron chi connectivity index (χ1n) is 5.20. The first kappa shape index (κ1) is 10.3. The van der Waals surface area contributed by atoms with Gasteiger partial charge < -0.3 is 5.32 Å². The Morgan fingerprint density at radius 3 is 2.92 bits per heavy atom. The molecular formula is C11H21NO. The molecule has 0 unspecified atom stereocenters. The van der Waals surface area contributed by atoms with E-state index in [1.165, 1.54) is 12.8 Å². The second-order valence-corrected chi connectivity index (χ2v) is 3.96. The van der Waals surface area contributed by atoms with Gasteiger partial charge in [0, 0.05) is 13.0 Å². The van der Waals surface area contributed by atoms with Gasteiger partial charge in [0.05, 0.1) is 0 Å². The summed E-state index contributed by atoms with van der Waals surface area (Å²) in [5.41, 5.74) is 0.992. The molecule has 1 aliphatic rings. The van der Waals surface area contributed by atoms with E-state index in [0.717, 1.165) is 24.8 Å². The lowest BCUT2D eigenvalue weighted by Gasteiger charge is -2.09. The molecule has 0 heterocycles. The van der Waals surface area contributed by atoms with Gasteiger partial charge >= 0.3 is 0 Å². The summed E-state index contributed by atoms with van der Waals surface area (Å²) in [5.74, 6) is 0.136. The average Bonchev–Trinajstić information content (AvgIpc) is 2.29. The Labute approximate surface area is 81.9 Å². The summed E-state index contributed by atoms with van der Waals surface area (Å²) in [6.45, 7) is 3.99. The van der Waals surface area contributed by atoms with Crippen molar-refractivity contribution >= 4 is 5.91 Å². The van der Waals surface area contributed by atoms with Gasteiger partial charge in [0.2, 0.25) is 5.91 Å². The fourth-order valence-electron chi connectivity index (χ4n) is 1.58. The highest BCUT2D eigenvalue weighted by Crippen LogP contribution is 2.17. The number of nitrogens with one attached hydrogen (secondary N) is 1. The lowest BCUT2D eigenvalue weighted by molar-refractivity contribution is -0.118. The molecule has 0 spiro atoms. The predicted octanol–water partition coefficient (Wildman–Crippen LogP) is 2.65. The zero-order chi connectivity index (χ0) is 9.68. The molecule has 0 aliphatic heterocycles. The van der Waals surface area contributed by atoms with Crippen molar-refractivity contribution in [2.75, 3.05) is 0 Å². The fourth-order valence-corrected chi connectivity index (χ4v) is 1.58. The van der Waals surface area contributed by atoms with Crippen LogP contribution in [0.15, 0.2) is 11.6 Å². The molecule has 0 aromatic carbocycles. The van der Waals surface area contributed by atoms with Crippen molar-refractivity contribution < 1.29 is 6.22 Å². The maximum atomic E-state index is 11.6. The summed E-state index contributed by atoms with van der Waals surface area (Å²) in [7, 11) is 0. The molecule has 2 nitrogen and oxygen atoms in total. The molecule has 0 radical (unpaired) electrons. The van der Waals surface area contributed by atoms with Gasteiger partial charge in [-0.05, 0) is 39.5 Å². The van der Waals surface area contributed by atoms with Crippen LogP contribution in [-0.2, 0) is 4.79 Å². The third kappa shape index (κ3) is 3.62. The second kappa shape index (κ2) is 5.05. The zero-order valence-electron chi connectivity index (χ0n) is 8.60. The Bertz CT molecular complexity index is 211. The minimum absolute atomic E-state index is 0. The second-order valence-electron chi connectivity index (χ2n) is 3.96. The molecule has 0 atom stereocenters. The van der Waals surface area contributed by atoms with Crippen molar-refractivity contribution in [1.82, 2.24) is 5.32 Å². The van der Waals surface area contributed by atoms with Crippen molar-refractivity contribution in [3.63, 3.8) is 0 Å². The summed E-state index contributed by atoms with van der Waals surface area (Å²) in [5, 5.41) is 2.93. The van der Waals surface area contributed by atoms with Crippen molar-refractivity contribution in [3.8, 4) is 0 Å². The average molecular weight is 183 g/mol. The van der Waals surface area contributed by atoms with Crippen LogP contribution in [0.4, 0.5) is 0 Å². The predicted molar refractivity (Wildman–Crippen MR) is 56.6 cm³/mol. The quantitative estimate of drug-likeness (QED) is 0.700. The van der Waals surface area contributed by atoms with Crippen LogP contribution in [0.25, 0.3) is 0 Å². The summed E-state index contributed by atoms with van der Waals surface area (Å²) in [6.07, 6.45) is 7.79. The van der Waals surface area contributed by atoms with Crippen molar-refractivity contribution in [2.45, 2.75) is 52.0 Å². The van der Waals surface area contributed by atoms with E-state index in [9.17, 15) is 4.79 Å². The molecule has 0 aromatic heterocycles. The molecule has 2 heteroatoms. The van der Waals surface area contributed by atoms with Gasteiger partial charge in [-0.2, -0.15) is 0 Å². The van der Waals surface area contributed by atoms with Gasteiger partial charge in [0.25, 0.3) is 0 Å². The van der Waals surface area contributed by atoms with E-state index in [1.807, 2.05) is 13.8 Å². The third-order valence-electron chi connectivity index (χ3n) is 2.25. The van der Waals surface area contributed by atoms with Gasteiger partial charge in [-0.15, -0.1) is 0 Å². The Kier molecular flexibility index (Phi) is 4.00. The van der Waals surface area contributed by atoms with E-state index in [1.54, 1.807) is 0 Å². The summed E-state index contributed by atoms with van der Waals surface area (Å²) in [6, 6.07) is 0.247. The van der Waals surface area contributed by atoms with E-state index in [-0.39, 0.29) is 13.4 Å². The molecule has 1 aliphatic carbocycles. The molecular weight excluding hydrogens is 162 g/mol. The highest BCUT2D eigenvalue weighted by molar-refractivity contribution is 5.93. The lowest BCUT2D eigenvalue weighted by Crippen LogP contribution is -2.31. The SMILES string of the molecule is CC(C)NC(=O)C1=CCCCCC1.[HH]. The molecule has 0 saturated heterocycles. The highest BCUT2D eigenvalue weighted by Gasteiger charge is 2.11. The number of allylic oxidation sites excluding steroid dienone is 1. The molecule has 0 bridgehead atoms. The van der Waals surface area contributed by atoms with Crippen LogP contribution in [0.5, 0.6) is 0 Å². The summed E-state index contributed by atoms with van der Waals surface area (Å²) < 4.78 is 0. The van der Waals surface area contributed by atoms with Crippen LogP contribution in [0.1, 0.15) is 47.4 Å². The minimum atomic E-state index is 0. The van der Waals surface area contributed by atoms with Gasteiger partial charge in [-0.1, -0.05) is 12.5 Å². The molecule has 1 rings (SSSR count). The fraction of sp³-hybridized carbons (Fsp3) is 0.727. The Balaban J connectivity index is 0.00000169. The van der Waals surface area contributed by atoms with Crippen LogP contribution < -0.4 is 5.32 Å². The van der Waals surface area contributed by atoms with Crippen LogP contribution in [0.3, 0.4) is 0 Å². The standard InChI is InChI=1S/C11H19NO.H2/c1-9(2)12-11(13)10-7-5-3-4-6-8-10;/h7,9H,3-6,8H2,1-2H3,(H,12,13);1H. The summed E-state index contributed by atoms with van der Waals surface area (Å²) >= 11 is 0. The van der Waals surface area contributed by atoms with Crippen LogP contribution in [-0.4, -0.2) is 11.9 Å². The smallest absolute Gasteiger partial charge is 0.247 e. The van der Waals surface area contributed by atoms with Crippen LogP contribution >= 0.6 is 0 Å². The molecule has 1 amide bonds. The number of carbonyl (C=O) groups excluding carboxylic acids is 1. The van der Waals surface area contributed by atoms with Gasteiger partial charge in [-0.3, -0.25) is 4.79 Å². The molecule has 1 N–H and O–H groups in total. The van der Waals surface area contributed by atoms with E-state index in [4.69, 9.17) is 0 Å². The topological polar surface area (TPSA) is 29.1 Å². The normalized spacial score (nSPS) is 17.9. The third-order valence-corrected chi connectivity index (χ3v) is 2.25. The van der Waals surface area contributed by atoms with E-state index in [0.29, 0.717) is 0 Å². The van der Waals surface area contributed by atoms with Crippen LogP contribution in [0.2, 0.25) is 0 Å². The zero-order valence-corrected chi connectivity index (χ0v) is 8.60. The molecule has 76 valence electrons. The van der Waals surface area contributed by atoms with Crippen LogP contribution in [0, 0.1) is 0 Å². The molecule has 13 heavy (non-hydrogen) atoms. The Hall–Kier alpha value is -0.790. The maximum absolute atomic E-state index is 11.6. The number of carbonyl (C=O) groups is 1. The highest BCUT2D eigenvalue weighted by atomic mass is 16.1. The minimum Gasteiger partial charge on any atom is -0.350 e. The molecule has 0 saturated carbocycles.